The lowest BCUT2D eigenvalue weighted by Crippen LogP contribution is -2.48. The molecule has 1 heterocycles. The zero-order valence-corrected chi connectivity index (χ0v) is 11.0. The smallest absolute Gasteiger partial charge is 0.211 e. The lowest BCUT2D eigenvalue weighted by atomic mass is 10.2. The molecule has 2 rings (SSSR count). The topological polar surface area (TPSA) is 64.4 Å². The molecule has 1 fully saturated rings. The molecule has 6 heteroatoms. The maximum atomic E-state index is 11.4. The van der Waals surface area contributed by atoms with Crippen LogP contribution in [0.25, 0.3) is 0 Å². The van der Waals surface area contributed by atoms with Crippen molar-refractivity contribution < 1.29 is 8.42 Å². The van der Waals surface area contributed by atoms with Gasteiger partial charge in [0.1, 0.15) is 0 Å². The molecule has 0 aliphatic carbocycles. The molecular formula is C12H15N3O2S. The van der Waals surface area contributed by atoms with Crippen LogP contribution in [0.2, 0.25) is 0 Å². The lowest BCUT2D eigenvalue weighted by Gasteiger charge is -2.34. The second-order valence-electron chi connectivity index (χ2n) is 4.31. The van der Waals surface area contributed by atoms with Gasteiger partial charge in [-0.25, -0.2) is 8.42 Å². The van der Waals surface area contributed by atoms with E-state index in [9.17, 15) is 8.42 Å². The third-order valence-corrected chi connectivity index (χ3v) is 4.35. The molecule has 0 amide bonds. The van der Waals surface area contributed by atoms with Gasteiger partial charge in [0.25, 0.3) is 0 Å². The molecule has 0 spiro atoms. The standard InChI is InChI=1S/C12H15N3O2S/c1-18(16,17)15-7-5-14(6-8-15)12-4-2-3-11(9-12)10-13/h2-4,9H,5-8H2,1H3. The number of sulfonamides is 1. The van der Waals surface area contributed by atoms with E-state index in [1.807, 2.05) is 18.2 Å². The maximum absolute atomic E-state index is 11.4. The Labute approximate surface area is 107 Å². The van der Waals surface area contributed by atoms with Crippen LogP contribution in [0.4, 0.5) is 5.69 Å². The van der Waals surface area contributed by atoms with Crippen LogP contribution >= 0.6 is 0 Å². The number of rotatable bonds is 2. The quantitative estimate of drug-likeness (QED) is 0.787. The average Bonchev–Trinajstić information content (AvgIpc) is 2.38. The van der Waals surface area contributed by atoms with E-state index in [-0.39, 0.29) is 0 Å². The zero-order valence-electron chi connectivity index (χ0n) is 10.2. The van der Waals surface area contributed by atoms with E-state index < -0.39 is 10.0 Å². The van der Waals surface area contributed by atoms with Crippen molar-refractivity contribution >= 4 is 15.7 Å². The number of nitrogens with zero attached hydrogens (tertiary/aromatic N) is 3. The Balaban J connectivity index is 2.08. The summed E-state index contributed by atoms with van der Waals surface area (Å²) in [6.07, 6.45) is 1.24. The summed E-state index contributed by atoms with van der Waals surface area (Å²) < 4.78 is 24.3. The second kappa shape index (κ2) is 4.96. The van der Waals surface area contributed by atoms with Crippen molar-refractivity contribution in [3.8, 4) is 6.07 Å². The van der Waals surface area contributed by atoms with Gasteiger partial charge in [-0.15, -0.1) is 0 Å². The molecule has 1 aliphatic rings. The minimum Gasteiger partial charge on any atom is -0.369 e. The number of piperazine rings is 1. The molecule has 1 aliphatic heterocycles. The Morgan fingerprint density at radius 1 is 1.22 bits per heavy atom. The molecule has 0 bridgehead atoms. The van der Waals surface area contributed by atoms with Gasteiger partial charge in [-0.2, -0.15) is 9.57 Å². The van der Waals surface area contributed by atoms with Gasteiger partial charge in [0.2, 0.25) is 10.0 Å². The van der Waals surface area contributed by atoms with Crippen molar-refractivity contribution in [3.63, 3.8) is 0 Å². The summed E-state index contributed by atoms with van der Waals surface area (Å²) >= 11 is 0. The van der Waals surface area contributed by atoms with E-state index in [0.29, 0.717) is 31.7 Å². The van der Waals surface area contributed by atoms with Crippen molar-refractivity contribution in [2.45, 2.75) is 0 Å². The summed E-state index contributed by atoms with van der Waals surface area (Å²) in [5.74, 6) is 0. The van der Waals surface area contributed by atoms with Crippen LogP contribution in [-0.2, 0) is 10.0 Å². The molecule has 0 radical (unpaired) electrons. The summed E-state index contributed by atoms with van der Waals surface area (Å²) in [6, 6.07) is 9.48. The van der Waals surface area contributed by atoms with Gasteiger partial charge in [0, 0.05) is 31.9 Å². The fraction of sp³-hybridized carbons (Fsp3) is 0.417. The first-order chi connectivity index (χ1) is 8.50. The maximum Gasteiger partial charge on any atom is 0.211 e. The Morgan fingerprint density at radius 2 is 1.89 bits per heavy atom. The third kappa shape index (κ3) is 2.81. The molecule has 0 atom stereocenters. The summed E-state index contributed by atoms with van der Waals surface area (Å²) in [7, 11) is -3.09. The predicted molar refractivity (Wildman–Crippen MR) is 69.8 cm³/mol. The number of anilines is 1. The number of hydrogen-bond donors (Lipinski definition) is 0. The second-order valence-corrected chi connectivity index (χ2v) is 6.29. The van der Waals surface area contributed by atoms with E-state index >= 15 is 0 Å². The summed E-state index contributed by atoms with van der Waals surface area (Å²) in [6.45, 7) is 2.30. The Kier molecular flexibility index (Phi) is 3.55. The minimum atomic E-state index is -3.09. The Hall–Kier alpha value is -1.58. The lowest BCUT2D eigenvalue weighted by molar-refractivity contribution is 0.388. The van der Waals surface area contributed by atoms with Crippen molar-refractivity contribution in [1.82, 2.24) is 4.31 Å². The third-order valence-electron chi connectivity index (χ3n) is 3.05. The van der Waals surface area contributed by atoms with E-state index in [1.165, 1.54) is 10.6 Å². The van der Waals surface area contributed by atoms with Gasteiger partial charge >= 0.3 is 0 Å². The molecule has 1 aromatic rings. The molecule has 1 saturated heterocycles. The van der Waals surface area contributed by atoms with Gasteiger partial charge in [0.05, 0.1) is 17.9 Å². The van der Waals surface area contributed by atoms with E-state index in [4.69, 9.17) is 5.26 Å². The normalized spacial score (nSPS) is 17.4. The zero-order chi connectivity index (χ0) is 13.2. The Bertz CT molecular complexity index is 569. The minimum absolute atomic E-state index is 0.496. The van der Waals surface area contributed by atoms with Crippen LogP contribution in [0, 0.1) is 11.3 Å². The van der Waals surface area contributed by atoms with Crippen LogP contribution < -0.4 is 4.90 Å². The molecule has 0 aromatic heterocycles. The van der Waals surface area contributed by atoms with Crippen LogP contribution in [0.5, 0.6) is 0 Å². The Morgan fingerprint density at radius 3 is 2.44 bits per heavy atom. The summed E-state index contributed by atoms with van der Waals surface area (Å²) in [5.41, 5.74) is 1.60. The monoisotopic (exact) mass is 265 g/mol. The molecule has 5 nitrogen and oxygen atoms in total. The molecule has 0 N–H and O–H groups in total. The molecule has 0 unspecified atom stereocenters. The van der Waals surface area contributed by atoms with Gasteiger partial charge < -0.3 is 4.90 Å². The average molecular weight is 265 g/mol. The first-order valence-electron chi connectivity index (χ1n) is 5.71. The van der Waals surface area contributed by atoms with Gasteiger partial charge in [-0.05, 0) is 18.2 Å². The molecule has 1 aromatic carbocycles. The van der Waals surface area contributed by atoms with Gasteiger partial charge in [0.15, 0.2) is 0 Å². The van der Waals surface area contributed by atoms with Crippen molar-refractivity contribution in [2.75, 3.05) is 37.3 Å². The number of nitriles is 1. The van der Waals surface area contributed by atoms with Crippen LogP contribution in [0.3, 0.4) is 0 Å². The highest BCUT2D eigenvalue weighted by atomic mass is 32.2. The van der Waals surface area contributed by atoms with Gasteiger partial charge in [-0.1, -0.05) is 6.07 Å². The molecule has 18 heavy (non-hydrogen) atoms. The SMILES string of the molecule is CS(=O)(=O)N1CCN(c2cccc(C#N)c2)CC1. The summed E-state index contributed by atoms with van der Waals surface area (Å²) in [5, 5.41) is 8.85. The largest absolute Gasteiger partial charge is 0.369 e. The van der Waals surface area contributed by atoms with Crippen LogP contribution in [0.15, 0.2) is 24.3 Å². The fourth-order valence-electron chi connectivity index (χ4n) is 2.05. The number of hydrogen-bond acceptors (Lipinski definition) is 4. The van der Waals surface area contributed by atoms with Crippen LogP contribution in [0.1, 0.15) is 5.56 Å². The van der Waals surface area contributed by atoms with E-state index in [2.05, 4.69) is 11.0 Å². The first kappa shape index (κ1) is 12.9. The highest BCUT2D eigenvalue weighted by molar-refractivity contribution is 7.88. The fourth-order valence-corrected chi connectivity index (χ4v) is 2.88. The highest BCUT2D eigenvalue weighted by Crippen LogP contribution is 2.18. The molecule has 0 saturated carbocycles. The van der Waals surface area contributed by atoms with Crippen molar-refractivity contribution in [2.24, 2.45) is 0 Å². The van der Waals surface area contributed by atoms with Crippen LogP contribution in [-0.4, -0.2) is 45.2 Å². The molecule has 96 valence electrons. The molecular weight excluding hydrogens is 250 g/mol. The summed E-state index contributed by atoms with van der Waals surface area (Å²) in [4.78, 5) is 2.10. The first-order valence-corrected chi connectivity index (χ1v) is 7.56. The number of benzene rings is 1. The van der Waals surface area contributed by atoms with Crippen molar-refractivity contribution in [1.29, 1.82) is 5.26 Å². The van der Waals surface area contributed by atoms with Crippen molar-refractivity contribution in [3.05, 3.63) is 29.8 Å². The van der Waals surface area contributed by atoms with Gasteiger partial charge in [-0.3, -0.25) is 0 Å². The predicted octanol–water partition coefficient (Wildman–Crippen LogP) is 0.640. The highest BCUT2D eigenvalue weighted by Gasteiger charge is 2.23. The van der Waals surface area contributed by atoms with E-state index in [0.717, 1.165) is 5.69 Å². The van der Waals surface area contributed by atoms with E-state index in [1.54, 1.807) is 6.07 Å².